The van der Waals surface area contributed by atoms with Gasteiger partial charge in [-0.2, -0.15) is 8.42 Å². The molecule has 0 fully saturated rings. The van der Waals surface area contributed by atoms with E-state index in [2.05, 4.69) is 4.18 Å². The molecule has 14 heavy (non-hydrogen) atoms. The van der Waals surface area contributed by atoms with Crippen LogP contribution in [0.5, 0.6) is 0 Å². The molecule has 0 heterocycles. The molecule has 0 aromatic heterocycles. The van der Waals surface area contributed by atoms with E-state index in [1.807, 2.05) is 37.1 Å². The molecular formula is C9H12O4S. The lowest BCUT2D eigenvalue weighted by molar-refractivity contribution is -0.0979. The highest BCUT2D eigenvalue weighted by atomic mass is 32.2. The molecule has 0 aliphatic carbocycles. The smallest absolute Gasteiger partial charge is 0.264 e. The van der Waals surface area contributed by atoms with Gasteiger partial charge in [-0.05, 0) is 5.56 Å². The van der Waals surface area contributed by atoms with Gasteiger partial charge in [-0.3, -0.25) is 4.18 Å². The van der Waals surface area contributed by atoms with Crippen LogP contribution in [0.3, 0.4) is 0 Å². The third-order valence-electron chi connectivity index (χ3n) is 1.28. The van der Waals surface area contributed by atoms with Crippen LogP contribution in [0.25, 0.3) is 0 Å². The highest BCUT2D eigenvalue weighted by molar-refractivity contribution is 7.85. The lowest BCUT2D eigenvalue weighted by Crippen LogP contribution is -2.02. The normalized spacial score (nSPS) is 10.1. The van der Waals surface area contributed by atoms with Crippen LogP contribution in [0.2, 0.25) is 0 Å². The van der Waals surface area contributed by atoms with E-state index < -0.39 is 10.1 Å². The van der Waals surface area contributed by atoms with Crippen LogP contribution in [0.4, 0.5) is 0 Å². The van der Waals surface area contributed by atoms with Crippen LogP contribution < -0.4 is 0 Å². The molecule has 1 rings (SSSR count). The molecule has 78 valence electrons. The summed E-state index contributed by atoms with van der Waals surface area (Å²) in [5, 5.41) is 0. The molecule has 0 radical (unpaired) electrons. The molecule has 0 amide bonds. The van der Waals surface area contributed by atoms with Crippen LogP contribution in [0, 0.1) is 0 Å². The highest BCUT2D eigenvalue weighted by Gasteiger charge is 2.00. The van der Waals surface area contributed by atoms with Gasteiger partial charge in [0.1, 0.15) is 6.79 Å². The first-order chi connectivity index (χ1) is 6.58. The van der Waals surface area contributed by atoms with Gasteiger partial charge in [-0.25, -0.2) is 0 Å². The van der Waals surface area contributed by atoms with Crippen molar-refractivity contribution in [3.8, 4) is 0 Å². The molecule has 0 saturated carbocycles. The van der Waals surface area contributed by atoms with Gasteiger partial charge in [-0.1, -0.05) is 30.3 Å². The maximum absolute atomic E-state index is 10.6. The van der Waals surface area contributed by atoms with Crippen LogP contribution >= 0.6 is 0 Å². The maximum atomic E-state index is 10.6. The summed E-state index contributed by atoms with van der Waals surface area (Å²) in [4.78, 5) is 8.00. The summed E-state index contributed by atoms with van der Waals surface area (Å²) in [5.74, 6) is 0. The Morgan fingerprint density at radius 3 is 2.14 bits per heavy atom. The Balaban J connectivity index is 0.000000791. The van der Waals surface area contributed by atoms with E-state index in [1.54, 1.807) is 0 Å². The zero-order valence-electron chi connectivity index (χ0n) is 7.84. The molecule has 0 saturated heterocycles. The number of benzene rings is 1. The SMILES string of the molecule is C=O.CS(=O)(=O)OCc1ccccc1. The second-order valence-electron chi connectivity index (χ2n) is 2.45. The summed E-state index contributed by atoms with van der Waals surface area (Å²) in [5.41, 5.74) is 0.850. The van der Waals surface area contributed by atoms with E-state index in [9.17, 15) is 8.42 Å². The molecule has 0 unspecified atom stereocenters. The lowest BCUT2D eigenvalue weighted by Gasteiger charge is -1.99. The standard InChI is InChI=1S/C8H10O3S.CH2O/c1-12(9,10)11-7-8-5-3-2-4-6-8;1-2/h2-6H,7H2,1H3;1H2. The first-order valence-corrected chi connectivity index (χ1v) is 5.57. The van der Waals surface area contributed by atoms with Gasteiger partial charge in [0, 0.05) is 0 Å². The maximum Gasteiger partial charge on any atom is 0.264 e. The number of carbonyl (C=O) groups is 1. The monoisotopic (exact) mass is 216 g/mol. The molecule has 0 bridgehead atoms. The molecule has 0 spiro atoms. The Hall–Kier alpha value is -1.20. The second kappa shape index (κ2) is 6.28. The van der Waals surface area contributed by atoms with E-state index >= 15 is 0 Å². The van der Waals surface area contributed by atoms with E-state index in [4.69, 9.17) is 4.79 Å². The van der Waals surface area contributed by atoms with E-state index in [-0.39, 0.29) is 6.61 Å². The number of hydrogen-bond acceptors (Lipinski definition) is 4. The van der Waals surface area contributed by atoms with Crippen molar-refractivity contribution >= 4 is 16.9 Å². The quantitative estimate of drug-likeness (QED) is 0.706. The fourth-order valence-electron chi connectivity index (χ4n) is 0.749. The van der Waals surface area contributed by atoms with Gasteiger partial charge in [0.15, 0.2) is 0 Å². The van der Waals surface area contributed by atoms with Gasteiger partial charge in [0.25, 0.3) is 10.1 Å². The molecule has 1 aromatic carbocycles. The summed E-state index contributed by atoms with van der Waals surface area (Å²) in [7, 11) is -3.32. The van der Waals surface area contributed by atoms with Gasteiger partial charge < -0.3 is 4.79 Å². The average Bonchev–Trinajstić information content (AvgIpc) is 2.19. The van der Waals surface area contributed by atoms with Crippen molar-refractivity contribution in [2.75, 3.05) is 6.26 Å². The first kappa shape index (κ1) is 12.8. The van der Waals surface area contributed by atoms with Crippen molar-refractivity contribution in [2.45, 2.75) is 6.61 Å². The van der Waals surface area contributed by atoms with Crippen molar-refractivity contribution < 1.29 is 17.4 Å². The third-order valence-corrected chi connectivity index (χ3v) is 1.83. The summed E-state index contributed by atoms with van der Waals surface area (Å²) >= 11 is 0. The minimum atomic E-state index is -3.32. The van der Waals surface area contributed by atoms with Crippen LogP contribution in [0.15, 0.2) is 30.3 Å². The summed E-state index contributed by atoms with van der Waals surface area (Å²) < 4.78 is 25.8. The van der Waals surface area contributed by atoms with Crippen molar-refractivity contribution in [3.63, 3.8) is 0 Å². The summed E-state index contributed by atoms with van der Waals surface area (Å²) in [6.45, 7) is 2.11. The third kappa shape index (κ3) is 6.33. The Morgan fingerprint density at radius 2 is 1.71 bits per heavy atom. The molecule has 0 N–H and O–H groups in total. The molecule has 0 atom stereocenters. The molecule has 0 aliphatic heterocycles. The van der Waals surface area contributed by atoms with Crippen LogP contribution in [0.1, 0.15) is 5.56 Å². The molecule has 0 aliphatic rings. The largest absolute Gasteiger partial charge is 0.307 e. The van der Waals surface area contributed by atoms with Gasteiger partial charge in [0.05, 0.1) is 12.9 Å². The van der Waals surface area contributed by atoms with E-state index in [0.29, 0.717) is 0 Å². The highest BCUT2D eigenvalue weighted by Crippen LogP contribution is 2.02. The Labute approximate surface area is 83.6 Å². The fourth-order valence-corrected chi connectivity index (χ4v) is 1.10. The summed E-state index contributed by atoms with van der Waals surface area (Å²) in [6.07, 6.45) is 1.04. The van der Waals surface area contributed by atoms with Gasteiger partial charge in [-0.15, -0.1) is 0 Å². The Kier molecular flexibility index (Phi) is 5.74. The minimum absolute atomic E-state index is 0.111. The Bertz CT molecular complexity index is 344. The van der Waals surface area contributed by atoms with Crippen LogP contribution in [-0.4, -0.2) is 21.5 Å². The van der Waals surface area contributed by atoms with Crippen molar-refractivity contribution in [2.24, 2.45) is 0 Å². The van der Waals surface area contributed by atoms with Gasteiger partial charge >= 0.3 is 0 Å². The molecular weight excluding hydrogens is 204 g/mol. The first-order valence-electron chi connectivity index (χ1n) is 3.75. The topological polar surface area (TPSA) is 60.4 Å². The van der Waals surface area contributed by atoms with Crippen LogP contribution in [-0.2, 0) is 25.7 Å². The van der Waals surface area contributed by atoms with E-state index in [0.717, 1.165) is 11.8 Å². The number of hydrogen-bond donors (Lipinski definition) is 0. The Morgan fingerprint density at radius 1 is 1.21 bits per heavy atom. The van der Waals surface area contributed by atoms with Crippen molar-refractivity contribution in [1.82, 2.24) is 0 Å². The van der Waals surface area contributed by atoms with Crippen molar-refractivity contribution in [3.05, 3.63) is 35.9 Å². The fraction of sp³-hybridized carbons (Fsp3) is 0.222. The predicted molar refractivity (Wildman–Crippen MR) is 53.2 cm³/mol. The minimum Gasteiger partial charge on any atom is -0.307 e. The average molecular weight is 216 g/mol. The van der Waals surface area contributed by atoms with Crippen molar-refractivity contribution in [1.29, 1.82) is 0 Å². The molecule has 1 aromatic rings. The summed E-state index contributed by atoms with van der Waals surface area (Å²) in [6, 6.07) is 9.16. The molecule has 5 heteroatoms. The lowest BCUT2D eigenvalue weighted by atomic mass is 10.2. The van der Waals surface area contributed by atoms with Gasteiger partial charge in [0.2, 0.25) is 0 Å². The van der Waals surface area contributed by atoms with E-state index in [1.165, 1.54) is 0 Å². The molecule has 4 nitrogen and oxygen atoms in total. The second-order valence-corrected chi connectivity index (χ2v) is 4.10. The number of rotatable bonds is 3. The zero-order chi connectivity index (χ0) is 11.0. The number of carbonyl (C=O) groups excluding carboxylic acids is 1. The zero-order valence-corrected chi connectivity index (χ0v) is 8.66. The predicted octanol–water partition coefficient (Wildman–Crippen LogP) is 0.978.